The molecule has 1 spiro atoms. The van der Waals surface area contributed by atoms with Gasteiger partial charge in [0.15, 0.2) is 23.2 Å². The zero-order valence-corrected chi connectivity index (χ0v) is 37.7. The highest BCUT2D eigenvalue weighted by molar-refractivity contribution is 7.25. The van der Waals surface area contributed by atoms with E-state index in [1.54, 1.807) is 22.5 Å². The van der Waals surface area contributed by atoms with Crippen LogP contribution in [0.25, 0.3) is 104 Å². The van der Waals surface area contributed by atoms with Gasteiger partial charge >= 0.3 is 0 Å². The Bertz CT molecular complexity index is 3590. The minimum Gasteiger partial charge on any atom is -0.238 e. The molecule has 10 aromatic rings. The molecule has 5 heteroatoms. The molecule has 5 aliphatic carbocycles. The summed E-state index contributed by atoms with van der Waals surface area (Å²) in [5, 5.41) is 2.50. The van der Waals surface area contributed by atoms with Gasteiger partial charge in [0.1, 0.15) is 0 Å². The van der Waals surface area contributed by atoms with Gasteiger partial charge in [0.05, 0.1) is 6.57 Å². The molecule has 0 aliphatic heterocycles. The third-order valence-corrected chi connectivity index (χ3v) is 17.0. The van der Waals surface area contributed by atoms with Crippen LogP contribution in [0.1, 0.15) is 43.2 Å². The van der Waals surface area contributed by atoms with Crippen LogP contribution in [-0.2, 0) is 5.41 Å². The van der Waals surface area contributed by atoms with E-state index in [0.717, 1.165) is 39.7 Å². The van der Waals surface area contributed by atoms with E-state index < -0.39 is 0 Å². The number of nitrogens with zero attached hydrogens (tertiary/aromatic N) is 4. The van der Waals surface area contributed by atoms with Crippen LogP contribution in [-0.4, -0.2) is 15.0 Å². The lowest BCUT2D eigenvalue weighted by Crippen LogP contribution is -2.55. The van der Waals surface area contributed by atoms with E-state index in [2.05, 4.69) is 138 Å². The lowest BCUT2D eigenvalue weighted by molar-refractivity contribution is -0.0399. The van der Waals surface area contributed by atoms with Crippen molar-refractivity contribution >= 4 is 37.2 Å². The lowest BCUT2D eigenvalue weighted by Gasteiger charge is -2.61. The summed E-state index contributed by atoms with van der Waals surface area (Å²) in [4.78, 5) is 18.7. The molecule has 15 rings (SSSR count). The molecule has 0 saturated heterocycles. The minimum atomic E-state index is 0.0235. The molecule has 4 saturated carbocycles. The number of hydrogen-bond acceptors (Lipinski definition) is 4. The maximum absolute atomic E-state index is 7.59. The first-order valence-electron chi connectivity index (χ1n) is 23.8. The largest absolute Gasteiger partial charge is 0.238 e. The molecule has 2 heterocycles. The number of thiophene rings is 1. The summed E-state index contributed by atoms with van der Waals surface area (Å²) >= 11 is 1.80. The quantitative estimate of drug-likeness (QED) is 0.156. The maximum Gasteiger partial charge on any atom is 0.188 e. The Balaban J connectivity index is 0.875. The van der Waals surface area contributed by atoms with Gasteiger partial charge < -0.3 is 0 Å². The summed E-state index contributed by atoms with van der Waals surface area (Å²) in [6.07, 6.45) is 6.79. The van der Waals surface area contributed by atoms with Gasteiger partial charge in [-0.05, 0) is 147 Å². The van der Waals surface area contributed by atoms with Crippen molar-refractivity contribution in [2.24, 2.45) is 23.7 Å². The van der Waals surface area contributed by atoms with Gasteiger partial charge in [0.25, 0.3) is 0 Å². The number of rotatable bonds is 6. The normalized spacial score (nSPS) is 20.9. The fraction of sp³-hybridized carbons (Fsp3) is 0.161. The Morgan fingerprint density at radius 2 is 0.940 bits per heavy atom. The van der Waals surface area contributed by atoms with E-state index in [0.29, 0.717) is 35.0 Å². The summed E-state index contributed by atoms with van der Waals surface area (Å²) in [5.74, 6) is 5.03. The van der Waals surface area contributed by atoms with Crippen molar-refractivity contribution in [3.63, 3.8) is 0 Å². The summed E-state index contributed by atoms with van der Waals surface area (Å²) < 4.78 is 2.46. The molecule has 67 heavy (non-hydrogen) atoms. The number of hydrogen-bond donors (Lipinski definition) is 0. The van der Waals surface area contributed by atoms with Gasteiger partial charge in [-0.3, -0.25) is 0 Å². The number of benzene rings is 8. The summed E-state index contributed by atoms with van der Waals surface area (Å²) in [6.45, 7) is 7.59. The predicted octanol–water partition coefficient (Wildman–Crippen LogP) is 16.5. The molecular formula is C62H44N4S. The van der Waals surface area contributed by atoms with E-state index >= 15 is 0 Å². The third-order valence-electron chi connectivity index (χ3n) is 15.9. The summed E-state index contributed by atoms with van der Waals surface area (Å²) in [6, 6.07) is 66.0. The monoisotopic (exact) mass is 876 g/mol. The minimum absolute atomic E-state index is 0.0235. The van der Waals surface area contributed by atoms with Gasteiger partial charge in [0, 0.05) is 36.9 Å². The van der Waals surface area contributed by atoms with Crippen LogP contribution in [0.15, 0.2) is 182 Å². The smallest absolute Gasteiger partial charge is 0.188 e. The standard InChI is InChI=1S/C62H44N4S/c1-63-49-23-26-52-51-24-22-45(35-56(51)67-57(52)36-49)50-19-10-20-54-58(50)53-25-21-44(34-55(53)62(54)47-28-37-27-38(30-47)31-48(62)29-37)42-16-8-15-41(32-42)43-17-9-18-46(33-43)61-65-59(39-11-4-2-5-12-39)64-60(66-61)40-13-6-3-7-14-40/h2-26,32-38,47-48H,27-31H2. The topological polar surface area (TPSA) is 43.0 Å². The molecular weight excluding hydrogens is 833 g/mol. The van der Waals surface area contributed by atoms with Crippen LogP contribution in [0.2, 0.25) is 0 Å². The van der Waals surface area contributed by atoms with Crippen LogP contribution >= 0.6 is 11.3 Å². The van der Waals surface area contributed by atoms with E-state index in [9.17, 15) is 0 Å². The first kappa shape index (κ1) is 38.7. The van der Waals surface area contributed by atoms with Crippen molar-refractivity contribution in [3.05, 3.63) is 205 Å². The highest BCUT2D eigenvalue weighted by Crippen LogP contribution is 2.70. The molecule has 0 unspecified atom stereocenters. The van der Waals surface area contributed by atoms with Crippen LogP contribution in [0, 0.1) is 30.2 Å². The Hall–Kier alpha value is -7.52. The molecule has 8 aromatic carbocycles. The van der Waals surface area contributed by atoms with Gasteiger partial charge in [-0.1, -0.05) is 152 Å². The highest BCUT2D eigenvalue weighted by atomic mass is 32.1. The molecule has 0 N–H and O–H groups in total. The summed E-state index contributed by atoms with van der Waals surface area (Å²) in [5.41, 5.74) is 17.0. The molecule has 4 fully saturated rings. The maximum atomic E-state index is 7.59. The average Bonchev–Trinajstić information content (AvgIpc) is 3.90. The van der Waals surface area contributed by atoms with Crippen molar-refractivity contribution < 1.29 is 0 Å². The fourth-order valence-electron chi connectivity index (χ4n) is 13.3. The van der Waals surface area contributed by atoms with Gasteiger partial charge in [0.2, 0.25) is 0 Å². The molecule has 4 nitrogen and oxygen atoms in total. The second kappa shape index (κ2) is 15.0. The highest BCUT2D eigenvalue weighted by Gasteiger charge is 2.61. The van der Waals surface area contributed by atoms with Crippen molar-refractivity contribution in [1.82, 2.24) is 15.0 Å². The average molecular weight is 877 g/mol. The van der Waals surface area contributed by atoms with Crippen LogP contribution < -0.4 is 0 Å². The second-order valence-corrected chi connectivity index (χ2v) is 20.6. The van der Waals surface area contributed by atoms with Crippen LogP contribution in [0.3, 0.4) is 0 Å². The molecule has 4 bridgehead atoms. The van der Waals surface area contributed by atoms with E-state index in [4.69, 9.17) is 21.5 Å². The fourth-order valence-corrected chi connectivity index (χ4v) is 14.5. The molecule has 2 aromatic heterocycles. The van der Waals surface area contributed by atoms with Crippen molar-refractivity contribution in [1.29, 1.82) is 0 Å². The zero-order chi connectivity index (χ0) is 44.2. The first-order chi connectivity index (χ1) is 33.1. The molecule has 0 radical (unpaired) electrons. The Labute approximate surface area is 394 Å². The van der Waals surface area contributed by atoms with Crippen molar-refractivity contribution in [2.45, 2.75) is 37.5 Å². The van der Waals surface area contributed by atoms with Crippen LogP contribution in [0.5, 0.6) is 0 Å². The Kier molecular flexibility index (Phi) is 8.67. The van der Waals surface area contributed by atoms with Crippen molar-refractivity contribution in [2.75, 3.05) is 0 Å². The molecule has 0 amide bonds. The molecule has 5 aliphatic rings. The number of aromatic nitrogens is 3. The van der Waals surface area contributed by atoms with E-state index in [1.807, 2.05) is 48.5 Å². The predicted molar refractivity (Wildman–Crippen MR) is 275 cm³/mol. The summed E-state index contributed by atoms with van der Waals surface area (Å²) in [7, 11) is 0. The number of fused-ring (bicyclic) bond motifs is 6. The Morgan fingerprint density at radius 1 is 0.418 bits per heavy atom. The molecule has 0 atom stereocenters. The van der Waals surface area contributed by atoms with Crippen LogP contribution in [0.4, 0.5) is 5.69 Å². The Morgan fingerprint density at radius 3 is 1.58 bits per heavy atom. The molecule has 318 valence electrons. The second-order valence-electron chi connectivity index (χ2n) is 19.5. The van der Waals surface area contributed by atoms with E-state index in [1.165, 1.54) is 85.7 Å². The van der Waals surface area contributed by atoms with Gasteiger partial charge in [-0.25, -0.2) is 19.8 Å². The van der Waals surface area contributed by atoms with Gasteiger partial charge in [-0.15, -0.1) is 11.3 Å². The first-order valence-corrected chi connectivity index (χ1v) is 24.6. The van der Waals surface area contributed by atoms with E-state index in [-0.39, 0.29) is 5.41 Å². The lowest BCUT2D eigenvalue weighted by atomic mass is 9.43. The SMILES string of the molecule is [C-]#[N+]c1ccc2c(c1)sc1cc(-c3cccc4c3-c3ccc(-c5cccc(-c6cccc(-c7nc(-c8ccccc8)nc(-c8ccccc8)n7)c6)c5)cc3C43C4CC5CC(C4)CC3C5)ccc12. The van der Waals surface area contributed by atoms with Gasteiger partial charge in [-0.2, -0.15) is 0 Å². The third kappa shape index (κ3) is 6.06. The van der Waals surface area contributed by atoms with Crippen molar-refractivity contribution in [3.8, 4) is 78.7 Å². The zero-order valence-electron chi connectivity index (χ0n) is 36.9.